The van der Waals surface area contributed by atoms with Gasteiger partial charge in [0.25, 0.3) is 0 Å². The highest BCUT2D eigenvalue weighted by atomic mass is 35.5. The maximum Gasteiger partial charge on any atom is 0.439 e. The van der Waals surface area contributed by atoms with Crippen LogP contribution in [-0.4, -0.2) is 61.1 Å². The monoisotopic (exact) mass is 597 g/mol. The zero-order chi connectivity index (χ0) is 29.4. The van der Waals surface area contributed by atoms with Crippen LogP contribution >= 0.6 is 11.6 Å². The summed E-state index contributed by atoms with van der Waals surface area (Å²) in [5.41, 5.74) is 3.31. The standard InChI is InChI=1S/C30H37ClFN7O3/c1-17-4-6-20(7-5-17)8-9-39-27-23(35-29(39)38-10-11-41-25(19(38)3)12-18(2)32)14-24(28-36-30(40)42-37-28)34-26(27)21-13-22(31)16-33-15-21/h13-20,25H,4-12H2,1-3H3,(H,36,37,40)/t17?,18?,19-,20?,25-/m1/s1. The second-order valence-electron chi connectivity index (χ2n) is 11.9. The fraction of sp³-hybridized carbons (Fsp3) is 0.567. The van der Waals surface area contributed by atoms with Crippen molar-refractivity contribution in [1.29, 1.82) is 0 Å². The van der Waals surface area contributed by atoms with Crippen molar-refractivity contribution in [2.45, 2.75) is 84.2 Å². The average Bonchev–Trinajstić information content (AvgIpc) is 3.56. The first-order valence-corrected chi connectivity index (χ1v) is 15.3. The number of aromatic amines is 1. The Morgan fingerprint density at radius 1 is 1.17 bits per heavy atom. The molecule has 224 valence electrons. The number of nitrogens with one attached hydrogen (secondary N) is 1. The maximum atomic E-state index is 14.1. The molecule has 0 radical (unpaired) electrons. The number of hydrogen-bond donors (Lipinski definition) is 1. The maximum absolute atomic E-state index is 14.1. The molecule has 42 heavy (non-hydrogen) atoms. The number of imidazole rings is 1. The molecule has 6 rings (SSSR count). The fourth-order valence-electron chi connectivity index (χ4n) is 6.42. The van der Waals surface area contributed by atoms with Gasteiger partial charge in [0.2, 0.25) is 11.8 Å². The van der Waals surface area contributed by atoms with Crippen LogP contribution in [0.3, 0.4) is 0 Å². The summed E-state index contributed by atoms with van der Waals surface area (Å²) in [5, 5.41) is 4.35. The van der Waals surface area contributed by atoms with Gasteiger partial charge in [-0.05, 0) is 44.2 Å². The van der Waals surface area contributed by atoms with E-state index in [2.05, 4.69) is 38.4 Å². The fourth-order valence-corrected chi connectivity index (χ4v) is 6.60. The van der Waals surface area contributed by atoms with Crippen LogP contribution in [0.1, 0.15) is 59.3 Å². The molecule has 1 unspecified atom stereocenters. The number of aryl methyl sites for hydroxylation is 1. The summed E-state index contributed by atoms with van der Waals surface area (Å²) in [4.78, 5) is 31.1. The van der Waals surface area contributed by atoms with Crippen molar-refractivity contribution in [2.24, 2.45) is 11.8 Å². The highest BCUT2D eigenvalue weighted by Gasteiger charge is 2.34. The van der Waals surface area contributed by atoms with Gasteiger partial charge < -0.3 is 14.2 Å². The first-order chi connectivity index (χ1) is 20.3. The van der Waals surface area contributed by atoms with Gasteiger partial charge in [0.05, 0.1) is 46.7 Å². The van der Waals surface area contributed by atoms with Crippen molar-refractivity contribution in [1.82, 2.24) is 29.7 Å². The molecule has 1 N–H and O–H groups in total. The Balaban J connectivity index is 1.51. The van der Waals surface area contributed by atoms with Crippen molar-refractivity contribution in [3.63, 3.8) is 0 Å². The number of hydrogen-bond acceptors (Lipinski definition) is 8. The van der Waals surface area contributed by atoms with Gasteiger partial charge in [0, 0.05) is 37.5 Å². The number of alkyl halides is 1. The van der Waals surface area contributed by atoms with E-state index in [1.54, 1.807) is 19.3 Å². The minimum Gasteiger partial charge on any atom is -0.374 e. The van der Waals surface area contributed by atoms with Crippen molar-refractivity contribution in [3.05, 3.63) is 40.1 Å². The highest BCUT2D eigenvalue weighted by molar-refractivity contribution is 6.30. The molecule has 1 saturated carbocycles. The van der Waals surface area contributed by atoms with Gasteiger partial charge in [-0.25, -0.2) is 19.2 Å². The zero-order valence-electron chi connectivity index (χ0n) is 24.2. The number of ether oxygens (including phenoxy) is 1. The van der Waals surface area contributed by atoms with Crippen LogP contribution in [0, 0.1) is 11.8 Å². The smallest absolute Gasteiger partial charge is 0.374 e. The number of aromatic nitrogens is 6. The number of nitrogens with zero attached hydrogens (tertiary/aromatic N) is 6. The third kappa shape index (κ3) is 5.94. The predicted molar refractivity (Wildman–Crippen MR) is 159 cm³/mol. The van der Waals surface area contributed by atoms with Crippen molar-refractivity contribution in [3.8, 4) is 22.8 Å². The molecule has 10 nitrogen and oxygen atoms in total. The van der Waals surface area contributed by atoms with E-state index in [1.807, 2.05) is 12.1 Å². The Morgan fingerprint density at radius 2 is 1.98 bits per heavy atom. The number of H-pyrrole nitrogens is 1. The molecule has 3 atom stereocenters. The Morgan fingerprint density at radius 3 is 2.69 bits per heavy atom. The number of fused-ring (bicyclic) bond motifs is 1. The van der Waals surface area contributed by atoms with E-state index in [1.165, 1.54) is 25.7 Å². The highest BCUT2D eigenvalue weighted by Crippen LogP contribution is 2.37. The van der Waals surface area contributed by atoms with Gasteiger partial charge in [-0.3, -0.25) is 14.5 Å². The molecule has 5 heterocycles. The number of anilines is 1. The largest absolute Gasteiger partial charge is 0.439 e. The van der Waals surface area contributed by atoms with Crippen LogP contribution in [-0.2, 0) is 11.3 Å². The summed E-state index contributed by atoms with van der Waals surface area (Å²) in [5.74, 6) is 1.76. The predicted octanol–water partition coefficient (Wildman–Crippen LogP) is 6.05. The van der Waals surface area contributed by atoms with Gasteiger partial charge in [0.15, 0.2) is 0 Å². The van der Waals surface area contributed by atoms with E-state index in [0.29, 0.717) is 47.4 Å². The molecule has 0 aromatic carbocycles. The second kappa shape index (κ2) is 12.1. The lowest BCUT2D eigenvalue weighted by Crippen LogP contribution is -2.51. The van der Waals surface area contributed by atoms with Crippen molar-refractivity contribution < 1.29 is 13.7 Å². The van der Waals surface area contributed by atoms with E-state index >= 15 is 0 Å². The summed E-state index contributed by atoms with van der Waals surface area (Å²) < 4.78 is 27.1. The second-order valence-corrected chi connectivity index (χ2v) is 12.3. The van der Waals surface area contributed by atoms with Gasteiger partial charge in [0.1, 0.15) is 5.69 Å². The molecule has 4 aromatic rings. The molecular weight excluding hydrogens is 561 g/mol. The molecule has 12 heteroatoms. The quantitative estimate of drug-likeness (QED) is 0.261. The van der Waals surface area contributed by atoms with Crippen LogP contribution in [0.15, 0.2) is 33.8 Å². The number of pyridine rings is 2. The lowest BCUT2D eigenvalue weighted by molar-refractivity contribution is -0.00200. The van der Waals surface area contributed by atoms with E-state index in [-0.39, 0.29) is 18.0 Å². The van der Waals surface area contributed by atoms with Crippen LogP contribution in [0.5, 0.6) is 0 Å². The Hall–Kier alpha value is -3.31. The molecule has 0 amide bonds. The Bertz CT molecular complexity index is 1590. The van der Waals surface area contributed by atoms with E-state index in [9.17, 15) is 9.18 Å². The van der Waals surface area contributed by atoms with Gasteiger partial charge in [-0.15, -0.1) is 0 Å². The molecule has 4 aromatic heterocycles. The van der Waals surface area contributed by atoms with Gasteiger partial charge in [-0.1, -0.05) is 49.4 Å². The lowest BCUT2D eigenvalue weighted by Gasteiger charge is -2.40. The van der Waals surface area contributed by atoms with E-state index in [4.69, 9.17) is 30.8 Å². The summed E-state index contributed by atoms with van der Waals surface area (Å²) in [6, 6.07) is 3.55. The Labute approximate surface area is 248 Å². The van der Waals surface area contributed by atoms with Gasteiger partial charge >= 0.3 is 5.76 Å². The van der Waals surface area contributed by atoms with Crippen molar-refractivity contribution in [2.75, 3.05) is 18.1 Å². The molecule has 2 fully saturated rings. The minimum absolute atomic E-state index is 0.0846. The van der Waals surface area contributed by atoms with Crippen LogP contribution < -0.4 is 10.7 Å². The van der Waals surface area contributed by atoms with Gasteiger partial charge in [-0.2, -0.15) is 0 Å². The first-order valence-electron chi connectivity index (χ1n) is 14.9. The Kier molecular flexibility index (Phi) is 8.31. The molecule has 0 spiro atoms. The molecule has 1 aliphatic heterocycles. The zero-order valence-corrected chi connectivity index (χ0v) is 25.0. The van der Waals surface area contributed by atoms with Crippen molar-refractivity contribution >= 4 is 28.6 Å². The SMILES string of the molecule is CC(F)C[C@H]1OCCN(c2nc3cc(-c4noc(=O)[nH]4)nc(-c4cncc(Cl)c4)c3n2CCC2CCC(C)CC2)[C@@H]1C. The summed E-state index contributed by atoms with van der Waals surface area (Å²) in [7, 11) is 0. The summed E-state index contributed by atoms with van der Waals surface area (Å²) in [6.45, 7) is 7.85. The molecular formula is C30H37ClFN7O3. The van der Waals surface area contributed by atoms with Crippen LogP contribution in [0.2, 0.25) is 5.02 Å². The van der Waals surface area contributed by atoms with Crippen LogP contribution in [0.25, 0.3) is 33.8 Å². The normalized spacial score (nSPS) is 23.9. The number of halogens is 2. The third-order valence-corrected chi connectivity index (χ3v) is 8.98. The molecule has 0 bridgehead atoms. The third-order valence-electron chi connectivity index (χ3n) is 8.77. The molecule has 1 saturated heterocycles. The number of morpholine rings is 1. The first kappa shape index (κ1) is 28.8. The van der Waals surface area contributed by atoms with Crippen LogP contribution in [0.4, 0.5) is 10.3 Å². The summed E-state index contributed by atoms with van der Waals surface area (Å²) in [6.07, 6.45) is 8.37. The topological polar surface area (TPSA) is 115 Å². The number of rotatable bonds is 8. The van der Waals surface area contributed by atoms with E-state index in [0.717, 1.165) is 35.9 Å². The molecule has 1 aliphatic carbocycles. The average molecular weight is 598 g/mol. The molecule has 2 aliphatic rings. The summed E-state index contributed by atoms with van der Waals surface area (Å²) >= 11 is 6.38. The minimum atomic E-state index is -0.969. The van der Waals surface area contributed by atoms with E-state index < -0.39 is 11.9 Å². The lowest BCUT2D eigenvalue weighted by atomic mass is 9.81.